The molecular formula is C12H8ClN3O5. The van der Waals surface area contributed by atoms with Crippen LogP contribution in [0.5, 0.6) is 0 Å². The van der Waals surface area contributed by atoms with Crippen molar-refractivity contribution in [3.8, 4) is 0 Å². The van der Waals surface area contributed by atoms with Crippen molar-refractivity contribution in [2.75, 3.05) is 5.32 Å². The summed E-state index contributed by atoms with van der Waals surface area (Å²) in [6.45, 7) is 0. The summed E-state index contributed by atoms with van der Waals surface area (Å²) in [6.07, 6.45) is 0. The van der Waals surface area contributed by atoms with Crippen LogP contribution in [0.2, 0.25) is 5.02 Å². The van der Waals surface area contributed by atoms with Gasteiger partial charge >= 0.3 is 11.8 Å². The molecule has 8 nitrogen and oxygen atoms in total. The van der Waals surface area contributed by atoms with E-state index in [0.29, 0.717) is 0 Å². The summed E-state index contributed by atoms with van der Waals surface area (Å²) >= 11 is 5.71. The number of nitro groups is 1. The van der Waals surface area contributed by atoms with Crippen molar-refractivity contribution < 1.29 is 19.6 Å². The van der Waals surface area contributed by atoms with Crippen molar-refractivity contribution in [2.24, 2.45) is 0 Å². The van der Waals surface area contributed by atoms with Gasteiger partial charge in [-0.3, -0.25) is 4.79 Å². The van der Waals surface area contributed by atoms with Crippen LogP contribution in [0.25, 0.3) is 0 Å². The highest BCUT2D eigenvalue weighted by Crippen LogP contribution is 2.21. The lowest BCUT2D eigenvalue weighted by Crippen LogP contribution is -2.13. The SMILES string of the molecule is O=C(Nc1ccc(Cl)c(C(=O)O)c1)c1ccc([N+](=O)[O-])[nH]1. The maximum Gasteiger partial charge on any atom is 0.337 e. The standard InChI is InChI=1S/C12H8ClN3O5/c13-8-2-1-6(5-7(8)12(18)19)14-11(17)9-3-4-10(15-9)16(20)21/h1-5,15H,(H,14,17)(H,18,19). The number of H-pyrrole nitrogens is 1. The third-order valence-electron chi connectivity index (χ3n) is 2.57. The molecule has 1 amide bonds. The Balaban J connectivity index is 2.21. The summed E-state index contributed by atoms with van der Waals surface area (Å²) in [5.74, 6) is -2.18. The van der Waals surface area contributed by atoms with Crippen molar-refractivity contribution in [3.05, 3.63) is 56.7 Å². The molecule has 0 atom stereocenters. The Morgan fingerprint density at radius 1 is 1.29 bits per heavy atom. The second kappa shape index (κ2) is 5.63. The topological polar surface area (TPSA) is 125 Å². The van der Waals surface area contributed by atoms with Gasteiger partial charge in [0.15, 0.2) is 5.69 Å². The quantitative estimate of drug-likeness (QED) is 0.591. The van der Waals surface area contributed by atoms with Crippen LogP contribution >= 0.6 is 11.6 Å². The number of carboxylic acid groups (broad SMARTS) is 1. The molecule has 1 aromatic carbocycles. The molecule has 3 N–H and O–H groups in total. The van der Waals surface area contributed by atoms with Crippen molar-refractivity contribution in [3.63, 3.8) is 0 Å². The number of benzene rings is 1. The van der Waals surface area contributed by atoms with E-state index < -0.39 is 16.8 Å². The Hall–Kier alpha value is -2.87. The molecule has 21 heavy (non-hydrogen) atoms. The molecule has 0 saturated carbocycles. The lowest BCUT2D eigenvalue weighted by Gasteiger charge is -2.05. The molecule has 0 aliphatic heterocycles. The predicted octanol–water partition coefficient (Wildman–Crippen LogP) is 2.53. The number of hydrogen-bond donors (Lipinski definition) is 3. The number of carbonyl (C=O) groups excluding carboxylic acids is 1. The number of aromatic nitrogens is 1. The number of anilines is 1. The highest BCUT2D eigenvalue weighted by atomic mass is 35.5. The number of amides is 1. The van der Waals surface area contributed by atoms with Gasteiger partial charge in [-0.2, -0.15) is 0 Å². The number of carbonyl (C=O) groups is 2. The average molecular weight is 310 g/mol. The molecular weight excluding hydrogens is 302 g/mol. The minimum absolute atomic E-state index is 0.0199. The van der Waals surface area contributed by atoms with E-state index in [1.807, 2.05) is 0 Å². The monoisotopic (exact) mass is 309 g/mol. The number of aromatic amines is 1. The van der Waals surface area contributed by atoms with E-state index in [1.54, 1.807) is 0 Å². The summed E-state index contributed by atoms with van der Waals surface area (Å²) in [5.41, 5.74) is 0.0273. The molecule has 9 heteroatoms. The fraction of sp³-hybridized carbons (Fsp3) is 0. The van der Waals surface area contributed by atoms with Crippen molar-refractivity contribution in [1.29, 1.82) is 0 Å². The normalized spacial score (nSPS) is 10.1. The second-order valence-corrected chi connectivity index (χ2v) is 4.38. The van der Waals surface area contributed by atoms with Gasteiger partial charge in [0.2, 0.25) is 0 Å². The highest BCUT2D eigenvalue weighted by molar-refractivity contribution is 6.33. The minimum Gasteiger partial charge on any atom is -0.478 e. The van der Waals surface area contributed by atoms with E-state index in [0.717, 1.165) is 6.07 Å². The molecule has 2 aromatic rings. The first kappa shape index (κ1) is 14.5. The van der Waals surface area contributed by atoms with E-state index in [1.165, 1.54) is 24.3 Å². The minimum atomic E-state index is -1.23. The van der Waals surface area contributed by atoms with Gasteiger partial charge in [-0.15, -0.1) is 0 Å². The molecule has 0 aliphatic carbocycles. The molecule has 0 aliphatic rings. The zero-order chi connectivity index (χ0) is 15.6. The van der Waals surface area contributed by atoms with Gasteiger partial charge in [-0.05, 0) is 29.2 Å². The lowest BCUT2D eigenvalue weighted by atomic mass is 10.2. The molecule has 0 fully saturated rings. The van der Waals surface area contributed by atoms with Gasteiger partial charge in [0, 0.05) is 11.8 Å². The Labute approximate surface area is 122 Å². The predicted molar refractivity (Wildman–Crippen MR) is 73.8 cm³/mol. The third kappa shape index (κ3) is 3.18. The van der Waals surface area contributed by atoms with E-state index >= 15 is 0 Å². The first-order valence-corrected chi connectivity index (χ1v) is 5.94. The molecule has 2 rings (SSSR count). The lowest BCUT2D eigenvalue weighted by molar-refractivity contribution is -0.389. The summed E-state index contributed by atoms with van der Waals surface area (Å²) < 4.78 is 0. The number of carboxylic acids is 1. The summed E-state index contributed by atoms with van der Waals surface area (Å²) in [7, 11) is 0. The Bertz CT molecular complexity index is 740. The van der Waals surface area contributed by atoms with Crippen LogP contribution in [0.3, 0.4) is 0 Å². The fourth-order valence-electron chi connectivity index (χ4n) is 1.59. The van der Waals surface area contributed by atoms with Gasteiger partial charge in [0.1, 0.15) is 0 Å². The molecule has 1 aromatic heterocycles. The van der Waals surface area contributed by atoms with Crippen LogP contribution in [-0.4, -0.2) is 26.9 Å². The smallest absolute Gasteiger partial charge is 0.337 e. The second-order valence-electron chi connectivity index (χ2n) is 3.97. The number of nitrogens with one attached hydrogen (secondary N) is 2. The van der Waals surface area contributed by atoms with E-state index in [2.05, 4.69) is 10.3 Å². The molecule has 108 valence electrons. The van der Waals surface area contributed by atoms with Crippen molar-refractivity contribution >= 4 is 35.0 Å². The van der Waals surface area contributed by atoms with Crippen LogP contribution in [0.1, 0.15) is 20.8 Å². The first-order chi connectivity index (χ1) is 9.88. The molecule has 0 unspecified atom stereocenters. The number of hydrogen-bond acceptors (Lipinski definition) is 4. The molecule has 0 spiro atoms. The Kier molecular flexibility index (Phi) is 3.90. The number of rotatable bonds is 4. The van der Waals surface area contributed by atoms with Gasteiger partial charge in [-0.25, -0.2) is 9.78 Å². The Morgan fingerprint density at radius 3 is 2.57 bits per heavy atom. The maximum atomic E-state index is 11.9. The fourth-order valence-corrected chi connectivity index (χ4v) is 1.79. The van der Waals surface area contributed by atoms with Gasteiger partial charge < -0.3 is 20.5 Å². The van der Waals surface area contributed by atoms with Crippen LogP contribution in [0.15, 0.2) is 30.3 Å². The first-order valence-electron chi connectivity index (χ1n) is 5.56. The van der Waals surface area contributed by atoms with Crippen LogP contribution in [0, 0.1) is 10.1 Å². The molecule has 0 saturated heterocycles. The van der Waals surface area contributed by atoms with E-state index in [9.17, 15) is 19.7 Å². The highest BCUT2D eigenvalue weighted by Gasteiger charge is 2.16. The van der Waals surface area contributed by atoms with Crippen molar-refractivity contribution in [1.82, 2.24) is 4.98 Å². The number of aromatic carboxylic acids is 1. The van der Waals surface area contributed by atoms with Crippen molar-refractivity contribution in [2.45, 2.75) is 0 Å². The van der Waals surface area contributed by atoms with Gasteiger partial charge in [-0.1, -0.05) is 11.6 Å². The Morgan fingerprint density at radius 2 is 2.00 bits per heavy atom. The number of nitrogens with zero attached hydrogens (tertiary/aromatic N) is 1. The summed E-state index contributed by atoms with van der Waals surface area (Å²) in [5, 5.41) is 21.9. The van der Waals surface area contributed by atoms with Crippen LogP contribution in [0.4, 0.5) is 11.5 Å². The van der Waals surface area contributed by atoms with Crippen LogP contribution < -0.4 is 5.32 Å². The molecule has 1 heterocycles. The molecule has 0 bridgehead atoms. The maximum absolute atomic E-state index is 11.9. The summed E-state index contributed by atoms with van der Waals surface area (Å²) in [6, 6.07) is 6.35. The third-order valence-corrected chi connectivity index (χ3v) is 2.90. The van der Waals surface area contributed by atoms with E-state index in [-0.39, 0.29) is 27.8 Å². The van der Waals surface area contributed by atoms with E-state index in [4.69, 9.17) is 16.7 Å². The van der Waals surface area contributed by atoms with Crippen LogP contribution in [-0.2, 0) is 0 Å². The summed E-state index contributed by atoms with van der Waals surface area (Å²) in [4.78, 5) is 35.0. The zero-order valence-electron chi connectivity index (χ0n) is 10.3. The van der Waals surface area contributed by atoms with Gasteiger partial charge in [0.25, 0.3) is 5.91 Å². The average Bonchev–Trinajstić information content (AvgIpc) is 2.90. The largest absolute Gasteiger partial charge is 0.478 e. The van der Waals surface area contributed by atoms with Gasteiger partial charge in [0.05, 0.1) is 10.6 Å². The number of halogens is 1. The molecule has 0 radical (unpaired) electrons. The zero-order valence-corrected chi connectivity index (χ0v) is 11.0.